The van der Waals surface area contributed by atoms with Gasteiger partial charge in [-0.2, -0.15) is 5.10 Å². The molecule has 1 heterocycles. The minimum absolute atomic E-state index is 0.832. The van der Waals surface area contributed by atoms with Crippen LogP contribution in [0.15, 0.2) is 65.9 Å². The SMILES string of the molecule is COc1ccc(/C=N\Nc2cccc3cccnc23)cc1. The zero-order valence-corrected chi connectivity index (χ0v) is 11.7. The van der Waals surface area contributed by atoms with Crippen molar-refractivity contribution in [2.24, 2.45) is 5.10 Å². The van der Waals surface area contributed by atoms with Crippen LogP contribution in [0.4, 0.5) is 5.69 Å². The lowest BCUT2D eigenvalue weighted by atomic mass is 10.2. The fourth-order valence-corrected chi connectivity index (χ4v) is 2.06. The maximum absolute atomic E-state index is 5.12. The Bertz CT molecular complexity index is 761. The summed E-state index contributed by atoms with van der Waals surface area (Å²) >= 11 is 0. The second-order valence-corrected chi connectivity index (χ2v) is 4.52. The van der Waals surface area contributed by atoms with Crippen molar-refractivity contribution in [3.63, 3.8) is 0 Å². The second kappa shape index (κ2) is 6.05. The molecule has 0 aliphatic rings. The largest absolute Gasteiger partial charge is 0.497 e. The molecule has 0 spiro atoms. The first-order chi connectivity index (χ1) is 10.4. The summed E-state index contributed by atoms with van der Waals surface area (Å²) < 4.78 is 5.12. The quantitative estimate of drug-likeness (QED) is 0.584. The third kappa shape index (κ3) is 3.00. The predicted octanol–water partition coefficient (Wildman–Crippen LogP) is 3.69. The van der Waals surface area contributed by atoms with Gasteiger partial charge in [0.25, 0.3) is 0 Å². The van der Waals surface area contributed by atoms with E-state index in [9.17, 15) is 0 Å². The fourth-order valence-electron chi connectivity index (χ4n) is 2.06. The molecule has 0 bridgehead atoms. The van der Waals surface area contributed by atoms with Crippen molar-refractivity contribution in [1.82, 2.24) is 4.98 Å². The summed E-state index contributed by atoms with van der Waals surface area (Å²) in [4.78, 5) is 4.38. The van der Waals surface area contributed by atoms with Gasteiger partial charge in [-0.25, -0.2) is 0 Å². The standard InChI is InChI=1S/C17H15N3O/c1-21-15-9-7-13(8-10-15)12-19-20-16-6-2-4-14-5-3-11-18-17(14)16/h2-12,20H,1H3/b19-12-. The first kappa shape index (κ1) is 13.1. The molecular formula is C17H15N3O. The number of aromatic nitrogens is 1. The lowest BCUT2D eigenvalue weighted by Gasteiger charge is -2.04. The molecule has 21 heavy (non-hydrogen) atoms. The Balaban J connectivity index is 1.78. The van der Waals surface area contributed by atoms with Gasteiger partial charge in [0, 0.05) is 11.6 Å². The Morgan fingerprint density at radius 1 is 1.05 bits per heavy atom. The molecule has 0 saturated heterocycles. The third-order valence-electron chi connectivity index (χ3n) is 3.15. The number of fused-ring (bicyclic) bond motifs is 1. The zero-order chi connectivity index (χ0) is 14.5. The topological polar surface area (TPSA) is 46.5 Å². The van der Waals surface area contributed by atoms with Gasteiger partial charge in [-0.05, 0) is 42.0 Å². The van der Waals surface area contributed by atoms with E-state index in [0.717, 1.165) is 27.9 Å². The van der Waals surface area contributed by atoms with Crippen LogP contribution >= 0.6 is 0 Å². The number of hydrogen-bond acceptors (Lipinski definition) is 4. The van der Waals surface area contributed by atoms with Gasteiger partial charge in [-0.1, -0.05) is 18.2 Å². The molecule has 1 N–H and O–H groups in total. The minimum Gasteiger partial charge on any atom is -0.497 e. The predicted molar refractivity (Wildman–Crippen MR) is 86.0 cm³/mol. The molecule has 3 aromatic rings. The Morgan fingerprint density at radius 2 is 1.86 bits per heavy atom. The van der Waals surface area contributed by atoms with Crippen LogP contribution < -0.4 is 10.2 Å². The molecule has 0 saturated carbocycles. The molecule has 4 nitrogen and oxygen atoms in total. The zero-order valence-electron chi connectivity index (χ0n) is 11.7. The van der Waals surface area contributed by atoms with E-state index in [1.807, 2.05) is 54.6 Å². The lowest BCUT2D eigenvalue weighted by molar-refractivity contribution is 0.415. The summed E-state index contributed by atoms with van der Waals surface area (Å²) in [7, 11) is 1.65. The van der Waals surface area contributed by atoms with E-state index in [4.69, 9.17) is 4.74 Å². The number of benzene rings is 2. The highest BCUT2D eigenvalue weighted by molar-refractivity contribution is 5.90. The minimum atomic E-state index is 0.832. The van der Waals surface area contributed by atoms with Crippen LogP contribution in [0.1, 0.15) is 5.56 Å². The van der Waals surface area contributed by atoms with E-state index in [1.54, 1.807) is 19.5 Å². The maximum Gasteiger partial charge on any atom is 0.118 e. The van der Waals surface area contributed by atoms with Crippen molar-refractivity contribution >= 4 is 22.8 Å². The summed E-state index contributed by atoms with van der Waals surface area (Å²) in [5.74, 6) is 0.832. The van der Waals surface area contributed by atoms with Crippen LogP contribution in [0.3, 0.4) is 0 Å². The monoisotopic (exact) mass is 277 g/mol. The summed E-state index contributed by atoms with van der Waals surface area (Å²) in [6.45, 7) is 0. The molecule has 0 aliphatic heterocycles. The number of hydrogen-bond donors (Lipinski definition) is 1. The van der Waals surface area contributed by atoms with E-state index in [2.05, 4.69) is 15.5 Å². The summed E-state index contributed by atoms with van der Waals surface area (Å²) in [5.41, 5.74) is 5.83. The van der Waals surface area contributed by atoms with E-state index < -0.39 is 0 Å². The molecule has 104 valence electrons. The Hall–Kier alpha value is -2.88. The fraction of sp³-hybridized carbons (Fsp3) is 0.0588. The van der Waals surface area contributed by atoms with Crippen LogP contribution in [0.2, 0.25) is 0 Å². The molecular weight excluding hydrogens is 262 g/mol. The Kier molecular flexibility index (Phi) is 3.78. The Labute approximate surface area is 123 Å². The van der Waals surface area contributed by atoms with Crippen molar-refractivity contribution in [2.45, 2.75) is 0 Å². The number of ether oxygens (including phenoxy) is 1. The number of anilines is 1. The lowest BCUT2D eigenvalue weighted by Crippen LogP contribution is -1.93. The van der Waals surface area contributed by atoms with Gasteiger partial charge in [0.05, 0.1) is 24.5 Å². The molecule has 1 aromatic heterocycles. The third-order valence-corrected chi connectivity index (χ3v) is 3.15. The Morgan fingerprint density at radius 3 is 2.67 bits per heavy atom. The summed E-state index contributed by atoms with van der Waals surface area (Å²) in [6.07, 6.45) is 3.54. The molecule has 0 unspecified atom stereocenters. The maximum atomic E-state index is 5.12. The smallest absolute Gasteiger partial charge is 0.118 e. The number of para-hydroxylation sites is 1. The highest BCUT2D eigenvalue weighted by atomic mass is 16.5. The molecule has 0 atom stereocenters. The van der Waals surface area contributed by atoms with Gasteiger partial charge in [-0.15, -0.1) is 0 Å². The second-order valence-electron chi connectivity index (χ2n) is 4.52. The van der Waals surface area contributed by atoms with E-state index in [1.165, 1.54) is 0 Å². The molecule has 2 aromatic carbocycles. The number of methoxy groups -OCH3 is 1. The van der Waals surface area contributed by atoms with Crippen molar-refractivity contribution in [2.75, 3.05) is 12.5 Å². The van der Waals surface area contributed by atoms with Crippen LogP contribution in [0, 0.1) is 0 Å². The van der Waals surface area contributed by atoms with E-state index in [-0.39, 0.29) is 0 Å². The number of nitrogens with one attached hydrogen (secondary N) is 1. The van der Waals surface area contributed by atoms with Crippen molar-refractivity contribution in [1.29, 1.82) is 0 Å². The van der Waals surface area contributed by atoms with Crippen molar-refractivity contribution < 1.29 is 4.74 Å². The van der Waals surface area contributed by atoms with Crippen LogP contribution in [0.25, 0.3) is 10.9 Å². The number of nitrogens with zero attached hydrogens (tertiary/aromatic N) is 2. The average molecular weight is 277 g/mol. The van der Waals surface area contributed by atoms with Gasteiger partial charge in [0.1, 0.15) is 5.75 Å². The van der Waals surface area contributed by atoms with Gasteiger partial charge >= 0.3 is 0 Å². The normalized spacial score (nSPS) is 10.9. The van der Waals surface area contributed by atoms with E-state index in [0.29, 0.717) is 0 Å². The van der Waals surface area contributed by atoms with Crippen LogP contribution in [0.5, 0.6) is 5.75 Å². The summed E-state index contributed by atoms with van der Waals surface area (Å²) in [5, 5.41) is 5.35. The molecule has 0 fully saturated rings. The number of hydrazone groups is 1. The molecule has 0 radical (unpaired) electrons. The van der Waals surface area contributed by atoms with Crippen LogP contribution in [-0.4, -0.2) is 18.3 Å². The average Bonchev–Trinajstić information content (AvgIpc) is 2.56. The highest BCUT2D eigenvalue weighted by Crippen LogP contribution is 2.20. The first-order valence-corrected chi connectivity index (χ1v) is 6.64. The van der Waals surface area contributed by atoms with Crippen molar-refractivity contribution in [3.05, 3.63) is 66.4 Å². The van der Waals surface area contributed by atoms with Gasteiger partial charge < -0.3 is 4.74 Å². The first-order valence-electron chi connectivity index (χ1n) is 6.64. The van der Waals surface area contributed by atoms with Crippen LogP contribution in [-0.2, 0) is 0 Å². The van der Waals surface area contributed by atoms with Gasteiger partial charge in [-0.3, -0.25) is 10.4 Å². The number of pyridine rings is 1. The van der Waals surface area contributed by atoms with Gasteiger partial charge in [0.15, 0.2) is 0 Å². The van der Waals surface area contributed by atoms with E-state index >= 15 is 0 Å². The molecule has 0 amide bonds. The van der Waals surface area contributed by atoms with Gasteiger partial charge in [0.2, 0.25) is 0 Å². The van der Waals surface area contributed by atoms with Crippen molar-refractivity contribution in [3.8, 4) is 5.75 Å². The molecule has 4 heteroatoms. The number of rotatable bonds is 4. The molecule has 3 rings (SSSR count). The molecule has 0 aliphatic carbocycles. The highest BCUT2D eigenvalue weighted by Gasteiger charge is 1.99. The summed E-state index contributed by atoms with van der Waals surface area (Å²) in [6, 6.07) is 17.6.